The Labute approximate surface area is 91.7 Å². The first-order valence-corrected chi connectivity index (χ1v) is 5.60. The fourth-order valence-corrected chi connectivity index (χ4v) is 1.66. The van der Waals surface area contributed by atoms with Crippen molar-refractivity contribution in [3.63, 3.8) is 0 Å². The van der Waals surface area contributed by atoms with Crippen molar-refractivity contribution in [2.75, 3.05) is 6.54 Å². The first kappa shape index (κ1) is 12.5. The Morgan fingerprint density at radius 1 is 1.47 bits per heavy atom. The van der Waals surface area contributed by atoms with Crippen LogP contribution in [0.5, 0.6) is 0 Å². The second-order valence-corrected chi connectivity index (χ2v) is 5.26. The number of amides is 1. The van der Waals surface area contributed by atoms with Crippen molar-refractivity contribution in [2.24, 2.45) is 5.92 Å². The number of rotatable bonds is 2. The van der Waals surface area contributed by atoms with Gasteiger partial charge in [-0.25, -0.2) is 5.48 Å². The Hall–Kier alpha value is -0.610. The van der Waals surface area contributed by atoms with Gasteiger partial charge in [0.15, 0.2) is 0 Å². The molecule has 0 aliphatic carbocycles. The van der Waals surface area contributed by atoms with Crippen LogP contribution in [0.3, 0.4) is 0 Å². The fraction of sp³-hybridized carbons (Fsp3) is 0.909. The summed E-state index contributed by atoms with van der Waals surface area (Å²) in [7, 11) is 0. The summed E-state index contributed by atoms with van der Waals surface area (Å²) in [6.07, 6.45) is 1.78. The molecule has 1 heterocycles. The van der Waals surface area contributed by atoms with Crippen LogP contribution in [0.25, 0.3) is 0 Å². The molecule has 1 aliphatic rings. The van der Waals surface area contributed by atoms with E-state index in [9.17, 15) is 4.79 Å². The molecule has 2 atom stereocenters. The predicted molar refractivity (Wildman–Crippen MR) is 59.2 cm³/mol. The van der Waals surface area contributed by atoms with Crippen molar-refractivity contribution in [3.05, 3.63) is 0 Å². The molecular formula is C11H22N2O2. The van der Waals surface area contributed by atoms with Gasteiger partial charge in [-0.3, -0.25) is 9.63 Å². The standard InChI is InChI=1S/C11H22N2O2/c1-8-7-9(5-6-12-8)10(14)13-15-11(2,3)4/h8-9,12H,5-7H2,1-4H3,(H,13,14). The third kappa shape index (κ3) is 4.62. The number of carbonyl (C=O) groups excluding carboxylic acids is 1. The normalized spacial score (nSPS) is 27.5. The molecule has 88 valence electrons. The minimum atomic E-state index is -0.325. The maximum absolute atomic E-state index is 11.7. The van der Waals surface area contributed by atoms with Crippen LogP contribution in [0.15, 0.2) is 0 Å². The third-order valence-corrected chi connectivity index (χ3v) is 2.45. The van der Waals surface area contributed by atoms with Gasteiger partial charge in [-0.1, -0.05) is 0 Å². The maximum Gasteiger partial charge on any atom is 0.246 e. The highest BCUT2D eigenvalue weighted by molar-refractivity contribution is 5.77. The molecule has 0 aromatic carbocycles. The van der Waals surface area contributed by atoms with Crippen LogP contribution in [0.1, 0.15) is 40.5 Å². The summed E-state index contributed by atoms with van der Waals surface area (Å²) in [5, 5.41) is 3.32. The van der Waals surface area contributed by atoms with Gasteiger partial charge < -0.3 is 5.32 Å². The molecule has 2 N–H and O–H groups in total. The fourth-order valence-electron chi connectivity index (χ4n) is 1.66. The Kier molecular flexibility index (Phi) is 4.11. The van der Waals surface area contributed by atoms with Crippen molar-refractivity contribution >= 4 is 5.91 Å². The number of nitrogens with one attached hydrogen (secondary N) is 2. The zero-order valence-corrected chi connectivity index (χ0v) is 10.1. The molecule has 1 rings (SSSR count). The van der Waals surface area contributed by atoms with E-state index in [1.54, 1.807) is 0 Å². The molecule has 0 aromatic rings. The maximum atomic E-state index is 11.7. The minimum absolute atomic E-state index is 0.0123. The van der Waals surface area contributed by atoms with Crippen LogP contribution in [0, 0.1) is 5.92 Å². The molecule has 0 bridgehead atoms. The molecule has 1 fully saturated rings. The molecule has 1 aliphatic heterocycles. The van der Waals surface area contributed by atoms with Crippen LogP contribution in [0.4, 0.5) is 0 Å². The average molecular weight is 214 g/mol. The number of hydroxylamine groups is 1. The number of hydrogen-bond acceptors (Lipinski definition) is 3. The van der Waals surface area contributed by atoms with Crippen LogP contribution in [-0.4, -0.2) is 24.1 Å². The summed E-state index contributed by atoms with van der Waals surface area (Å²) < 4.78 is 0. The molecular weight excluding hydrogens is 192 g/mol. The van der Waals surface area contributed by atoms with E-state index in [4.69, 9.17) is 4.84 Å². The molecule has 1 amide bonds. The summed E-state index contributed by atoms with van der Waals surface area (Å²) in [5.74, 6) is 0.0990. The minimum Gasteiger partial charge on any atom is -0.314 e. The lowest BCUT2D eigenvalue weighted by atomic mass is 9.93. The van der Waals surface area contributed by atoms with Gasteiger partial charge in [0.1, 0.15) is 0 Å². The second kappa shape index (κ2) is 4.94. The molecule has 15 heavy (non-hydrogen) atoms. The van der Waals surface area contributed by atoms with Gasteiger partial charge >= 0.3 is 0 Å². The van der Waals surface area contributed by atoms with Gasteiger partial charge in [-0.05, 0) is 47.1 Å². The second-order valence-electron chi connectivity index (χ2n) is 5.26. The third-order valence-electron chi connectivity index (χ3n) is 2.45. The highest BCUT2D eigenvalue weighted by Crippen LogP contribution is 2.16. The summed E-state index contributed by atoms with van der Waals surface area (Å²) in [6.45, 7) is 8.76. The van der Waals surface area contributed by atoms with Crippen LogP contribution in [-0.2, 0) is 9.63 Å². The molecule has 0 spiro atoms. The van der Waals surface area contributed by atoms with E-state index in [2.05, 4.69) is 17.7 Å². The van der Waals surface area contributed by atoms with Gasteiger partial charge in [0, 0.05) is 12.0 Å². The topological polar surface area (TPSA) is 50.4 Å². The van der Waals surface area contributed by atoms with E-state index in [1.807, 2.05) is 20.8 Å². The van der Waals surface area contributed by atoms with Crippen LogP contribution < -0.4 is 10.8 Å². The summed E-state index contributed by atoms with van der Waals surface area (Å²) in [4.78, 5) is 17.0. The van der Waals surface area contributed by atoms with Crippen LogP contribution >= 0.6 is 0 Å². The SMILES string of the molecule is CC1CC(C(=O)NOC(C)(C)C)CCN1. The average Bonchev–Trinajstić information content (AvgIpc) is 2.13. The summed E-state index contributed by atoms with van der Waals surface area (Å²) in [6, 6.07) is 0.420. The van der Waals surface area contributed by atoms with E-state index in [0.717, 1.165) is 19.4 Å². The lowest BCUT2D eigenvalue weighted by molar-refractivity contribution is -0.150. The van der Waals surface area contributed by atoms with Gasteiger partial charge in [0.2, 0.25) is 5.91 Å². The molecule has 4 heteroatoms. The van der Waals surface area contributed by atoms with Crippen molar-refractivity contribution in [3.8, 4) is 0 Å². The van der Waals surface area contributed by atoms with Gasteiger partial charge in [0.25, 0.3) is 0 Å². The summed E-state index contributed by atoms with van der Waals surface area (Å²) >= 11 is 0. The van der Waals surface area contributed by atoms with Crippen LogP contribution in [0.2, 0.25) is 0 Å². The van der Waals surface area contributed by atoms with Crippen molar-refractivity contribution in [2.45, 2.75) is 52.2 Å². The lowest BCUT2D eigenvalue weighted by Crippen LogP contribution is -2.44. The quantitative estimate of drug-likeness (QED) is 0.680. The zero-order chi connectivity index (χ0) is 11.5. The molecule has 0 radical (unpaired) electrons. The number of piperidine rings is 1. The smallest absolute Gasteiger partial charge is 0.246 e. The monoisotopic (exact) mass is 214 g/mol. The zero-order valence-electron chi connectivity index (χ0n) is 10.1. The number of hydrogen-bond donors (Lipinski definition) is 2. The Balaban J connectivity index is 2.33. The first-order valence-electron chi connectivity index (χ1n) is 5.60. The Morgan fingerprint density at radius 2 is 2.13 bits per heavy atom. The summed E-state index contributed by atoms with van der Waals surface area (Å²) in [5.41, 5.74) is 2.22. The van der Waals surface area contributed by atoms with E-state index >= 15 is 0 Å². The van der Waals surface area contributed by atoms with E-state index in [-0.39, 0.29) is 17.4 Å². The highest BCUT2D eigenvalue weighted by atomic mass is 16.7. The molecule has 0 aromatic heterocycles. The predicted octanol–water partition coefficient (Wildman–Crippen LogP) is 1.22. The Morgan fingerprint density at radius 3 is 2.67 bits per heavy atom. The Bertz CT molecular complexity index is 223. The largest absolute Gasteiger partial charge is 0.314 e. The van der Waals surface area contributed by atoms with E-state index in [1.165, 1.54) is 0 Å². The molecule has 0 saturated carbocycles. The van der Waals surface area contributed by atoms with Crippen molar-refractivity contribution < 1.29 is 9.63 Å². The van der Waals surface area contributed by atoms with Crippen molar-refractivity contribution in [1.29, 1.82) is 0 Å². The molecule has 2 unspecified atom stereocenters. The lowest BCUT2D eigenvalue weighted by Gasteiger charge is -2.28. The first-order chi connectivity index (χ1) is 6.88. The van der Waals surface area contributed by atoms with E-state index < -0.39 is 0 Å². The van der Waals surface area contributed by atoms with Gasteiger partial charge in [-0.15, -0.1) is 0 Å². The van der Waals surface area contributed by atoms with Crippen molar-refractivity contribution in [1.82, 2.24) is 10.8 Å². The van der Waals surface area contributed by atoms with Gasteiger partial charge in [0.05, 0.1) is 5.60 Å². The molecule has 4 nitrogen and oxygen atoms in total. The number of carbonyl (C=O) groups is 1. The van der Waals surface area contributed by atoms with Gasteiger partial charge in [-0.2, -0.15) is 0 Å². The van der Waals surface area contributed by atoms with E-state index in [0.29, 0.717) is 6.04 Å². The molecule has 1 saturated heterocycles. The highest BCUT2D eigenvalue weighted by Gasteiger charge is 2.25.